The Morgan fingerprint density at radius 1 is 1.33 bits per heavy atom. The van der Waals surface area contributed by atoms with Crippen molar-refractivity contribution in [3.63, 3.8) is 0 Å². The number of amides is 1. The lowest BCUT2D eigenvalue weighted by molar-refractivity contribution is -0.136. The minimum Gasteiger partial charge on any atom is -0.480 e. The second kappa shape index (κ2) is 6.69. The summed E-state index contributed by atoms with van der Waals surface area (Å²) in [5.41, 5.74) is 1.14. The quantitative estimate of drug-likeness (QED) is 0.918. The van der Waals surface area contributed by atoms with Crippen molar-refractivity contribution in [3.05, 3.63) is 45.4 Å². The van der Waals surface area contributed by atoms with Gasteiger partial charge in [0.15, 0.2) is 0 Å². The van der Waals surface area contributed by atoms with E-state index in [1.54, 1.807) is 29.6 Å². The molecule has 0 aliphatic rings. The molecule has 1 amide bonds. The Morgan fingerprint density at radius 3 is 2.52 bits per heavy atom. The molecule has 21 heavy (non-hydrogen) atoms. The molecule has 110 valence electrons. The summed E-state index contributed by atoms with van der Waals surface area (Å²) < 4.78 is 0. The number of aryl methyl sites for hydroxylation is 1. The number of benzene rings is 1. The van der Waals surface area contributed by atoms with Crippen LogP contribution in [0.5, 0.6) is 0 Å². The molecule has 1 N–H and O–H groups in total. The first-order valence-electron chi connectivity index (χ1n) is 6.14. The summed E-state index contributed by atoms with van der Waals surface area (Å²) in [6.07, 6.45) is 0.0697. The predicted octanol–water partition coefficient (Wildman–Crippen LogP) is 2.77. The van der Waals surface area contributed by atoms with E-state index < -0.39 is 12.5 Å². The van der Waals surface area contributed by atoms with Crippen LogP contribution in [-0.2, 0) is 16.0 Å². The number of nitrogens with zero attached hydrogens (tertiary/aromatic N) is 2. The number of thiazole rings is 1. The van der Waals surface area contributed by atoms with Gasteiger partial charge in [-0.1, -0.05) is 11.6 Å². The zero-order chi connectivity index (χ0) is 15.4. The summed E-state index contributed by atoms with van der Waals surface area (Å²) in [6.45, 7) is 1.45. The van der Waals surface area contributed by atoms with E-state index >= 15 is 0 Å². The first-order valence-corrected chi connectivity index (χ1v) is 7.40. The van der Waals surface area contributed by atoms with Crippen LogP contribution in [0.25, 0.3) is 0 Å². The minimum absolute atomic E-state index is 0.0697. The molecule has 0 fully saturated rings. The average Bonchev–Trinajstić information content (AvgIpc) is 2.82. The Morgan fingerprint density at radius 2 is 2.00 bits per heavy atom. The van der Waals surface area contributed by atoms with Crippen LogP contribution in [0.3, 0.4) is 0 Å². The van der Waals surface area contributed by atoms with Crippen LogP contribution in [0.2, 0.25) is 5.02 Å². The van der Waals surface area contributed by atoms with Crippen molar-refractivity contribution < 1.29 is 14.7 Å². The Labute approximate surface area is 130 Å². The second-order valence-electron chi connectivity index (χ2n) is 4.38. The van der Waals surface area contributed by atoms with Crippen molar-refractivity contribution in [3.8, 4) is 0 Å². The van der Waals surface area contributed by atoms with Crippen molar-refractivity contribution in [2.24, 2.45) is 0 Å². The molecule has 2 aromatic rings. The largest absolute Gasteiger partial charge is 0.480 e. The summed E-state index contributed by atoms with van der Waals surface area (Å²) in [5, 5.41) is 12.2. The lowest BCUT2D eigenvalue weighted by Gasteiger charge is -2.20. The van der Waals surface area contributed by atoms with Gasteiger partial charge in [-0.2, -0.15) is 0 Å². The van der Waals surface area contributed by atoms with Gasteiger partial charge in [0.1, 0.15) is 6.54 Å². The molecule has 0 bridgehead atoms. The fraction of sp³-hybridized carbons (Fsp3) is 0.214. The van der Waals surface area contributed by atoms with Gasteiger partial charge < -0.3 is 10.0 Å². The third-order valence-electron chi connectivity index (χ3n) is 2.73. The molecule has 0 aliphatic heterocycles. The van der Waals surface area contributed by atoms with Gasteiger partial charge in [-0.15, -0.1) is 11.3 Å². The van der Waals surface area contributed by atoms with E-state index in [9.17, 15) is 9.59 Å². The molecule has 0 aliphatic carbocycles. The van der Waals surface area contributed by atoms with Crippen molar-refractivity contribution in [1.29, 1.82) is 0 Å². The number of carbonyl (C=O) groups is 2. The topological polar surface area (TPSA) is 70.5 Å². The Bertz CT molecular complexity index is 654. The van der Waals surface area contributed by atoms with Crippen molar-refractivity contribution in [1.82, 2.24) is 4.98 Å². The number of rotatable bonds is 5. The first-order chi connectivity index (χ1) is 9.95. The van der Waals surface area contributed by atoms with Gasteiger partial charge in [0, 0.05) is 16.1 Å². The van der Waals surface area contributed by atoms with E-state index in [0.717, 1.165) is 5.01 Å². The third-order valence-corrected chi connectivity index (χ3v) is 3.81. The van der Waals surface area contributed by atoms with E-state index in [-0.39, 0.29) is 12.3 Å². The number of carbonyl (C=O) groups excluding carboxylic acids is 1. The Balaban J connectivity index is 2.20. The minimum atomic E-state index is -1.08. The predicted molar refractivity (Wildman–Crippen MR) is 82.0 cm³/mol. The number of halogens is 1. The maximum Gasteiger partial charge on any atom is 0.323 e. The van der Waals surface area contributed by atoms with Crippen molar-refractivity contribution >= 4 is 40.5 Å². The molecule has 1 aromatic heterocycles. The molecule has 0 saturated heterocycles. The molecule has 0 radical (unpaired) electrons. The molecule has 1 aromatic carbocycles. The van der Waals surface area contributed by atoms with Gasteiger partial charge in [0.25, 0.3) is 0 Å². The lowest BCUT2D eigenvalue weighted by Crippen LogP contribution is -2.36. The maximum atomic E-state index is 12.3. The van der Waals surface area contributed by atoms with Crippen LogP contribution < -0.4 is 4.90 Å². The fourth-order valence-electron chi connectivity index (χ4n) is 1.82. The lowest BCUT2D eigenvalue weighted by atomic mass is 10.2. The standard InChI is InChI=1S/C14H13ClN2O3S/c1-9-16-11(8-21-9)6-13(18)17(7-14(19)20)12-4-2-10(15)3-5-12/h2-5,8H,6-7H2,1H3,(H,19,20). The first kappa shape index (κ1) is 15.5. The molecule has 0 saturated carbocycles. The summed E-state index contributed by atoms with van der Waals surface area (Å²) >= 11 is 7.26. The normalized spacial score (nSPS) is 10.4. The van der Waals surface area contributed by atoms with Gasteiger partial charge in [0.05, 0.1) is 17.1 Å². The summed E-state index contributed by atoms with van der Waals surface area (Å²) in [6, 6.07) is 6.48. The zero-order valence-electron chi connectivity index (χ0n) is 11.2. The highest BCUT2D eigenvalue weighted by Gasteiger charge is 2.20. The molecule has 1 heterocycles. The van der Waals surface area contributed by atoms with Gasteiger partial charge in [-0.25, -0.2) is 4.98 Å². The molecule has 2 rings (SSSR count). The van der Waals surface area contributed by atoms with Crippen LogP contribution in [-0.4, -0.2) is 28.5 Å². The van der Waals surface area contributed by atoms with Gasteiger partial charge in [-0.3, -0.25) is 9.59 Å². The molecule has 0 atom stereocenters. The Hall–Kier alpha value is -1.92. The van der Waals surface area contributed by atoms with Gasteiger partial charge in [-0.05, 0) is 31.2 Å². The second-order valence-corrected chi connectivity index (χ2v) is 5.88. The SMILES string of the molecule is Cc1nc(CC(=O)N(CC(=O)O)c2ccc(Cl)cc2)cs1. The fourth-order valence-corrected chi connectivity index (χ4v) is 2.56. The van der Waals surface area contributed by atoms with E-state index in [1.165, 1.54) is 16.2 Å². The molecule has 0 spiro atoms. The monoisotopic (exact) mass is 324 g/mol. The maximum absolute atomic E-state index is 12.3. The molecular weight excluding hydrogens is 312 g/mol. The highest BCUT2D eigenvalue weighted by atomic mass is 35.5. The third kappa shape index (κ3) is 4.27. The van der Waals surface area contributed by atoms with Crippen LogP contribution in [0, 0.1) is 6.92 Å². The van der Waals surface area contributed by atoms with Crippen LogP contribution in [0.15, 0.2) is 29.6 Å². The molecule has 0 unspecified atom stereocenters. The number of hydrogen-bond donors (Lipinski definition) is 1. The number of carboxylic acids is 1. The number of carboxylic acid groups (broad SMARTS) is 1. The number of aliphatic carboxylic acids is 1. The van der Waals surface area contributed by atoms with Crippen molar-refractivity contribution in [2.75, 3.05) is 11.4 Å². The van der Waals surface area contributed by atoms with Gasteiger partial charge in [0.2, 0.25) is 5.91 Å². The highest BCUT2D eigenvalue weighted by Crippen LogP contribution is 2.19. The Kier molecular flexibility index (Phi) is 4.93. The summed E-state index contributed by atoms with van der Waals surface area (Å²) in [4.78, 5) is 28.8. The van der Waals surface area contributed by atoms with Crippen LogP contribution in [0.4, 0.5) is 5.69 Å². The zero-order valence-corrected chi connectivity index (χ0v) is 12.8. The molecule has 5 nitrogen and oxygen atoms in total. The molecule has 7 heteroatoms. The van der Waals surface area contributed by atoms with Crippen LogP contribution >= 0.6 is 22.9 Å². The summed E-state index contributed by atoms with van der Waals surface area (Å²) in [7, 11) is 0. The van der Waals surface area contributed by atoms with Gasteiger partial charge >= 0.3 is 5.97 Å². The van der Waals surface area contributed by atoms with E-state index in [2.05, 4.69) is 4.98 Å². The molecular formula is C14H13ClN2O3S. The number of hydrogen-bond acceptors (Lipinski definition) is 4. The summed E-state index contributed by atoms with van der Waals surface area (Å²) in [5.74, 6) is -1.39. The van der Waals surface area contributed by atoms with E-state index in [4.69, 9.17) is 16.7 Å². The van der Waals surface area contributed by atoms with E-state index in [0.29, 0.717) is 16.4 Å². The smallest absolute Gasteiger partial charge is 0.323 e. The average molecular weight is 325 g/mol. The van der Waals surface area contributed by atoms with Crippen molar-refractivity contribution in [2.45, 2.75) is 13.3 Å². The highest BCUT2D eigenvalue weighted by molar-refractivity contribution is 7.09. The number of anilines is 1. The number of aromatic nitrogens is 1. The van der Waals surface area contributed by atoms with E-state index in [1.807, 2.05) is 6.92 Å². The van der Waals surface area contributed by atoms with Crippen LogP contribution in [0.1, 0.15) is 10.7 Å².